The van der Waals surface area contributed by atoms with Crippen LogP contribution in [0.25, 0.3) is 10.9 Å². The van der Waals surface area contributed by atoms with Crippen molar-refractivity contribution in [2.24, 2.45) is 0 Å². The van der Waals surface area contributed by atoms with Crippen molar-refractivity contribution in [3.8, 4) is 0 Å². The largest absolute Gasteiger partial charge is 0.399 e. The predicted octanol–water partition coefficient (Wildman–Crippen LogP) is 1.64. The van der Waals surface area contributed by atoms with Gasteiger partial charge in [-0.2, -0.15) is 0 Å². The van der Waals surface area contributed by atoms with E-state index in [0.29, 0.717) is 17.8 Å². The molecule has 1 heterocycles. The van der Waals surface area contributed by atoms with Crippen LogP contribution in [0, 0.1) is 0 Å². The second-order valence-corrected chi connectivity index (χ2v) is 4.99. The lowest BCUT2D eigenvalue weighted by Gasteiger charge is -2.14. The Hall–Kier alpha value is -2.01. The second kappa shape index (κ2) is 5.32. The van der Waals surface area contributed by atoms with Gasteiger partial charge in [-0.05, 0) is 44.5 Å². The van der Waals surface area contributed by atoms with Crippen LogP contribution in [0.3, 0.4) is 0 Å². The van der Waals surface area contributed by atoms with E-state index in [0.717, 1.165) is 10.9 Å². The monoisotopic (exact) mass is 261 g/mol. The number of benzene rings is 1. The molecule has 2 unspecified atom stereocenters. The van der Waals surface area contributed by atoms with Crippen LogP contribution in [0.1, 0.15) is 30.8 Å². The van der Waals surface area contributed by atoms with Gasteiger partial charge in [-0.15, -0.1) is 0 Å². The molecule has 5 heteroatoms. The maximum atomic E-state index is 12.0. The van der Waals surface area contributed by atoms with Crippen molar-refractivity contribution in [3.63, 3.8) is 0 Å². The Bertz CT molecular complexity index is 589. The number of anilines is 1. The molecule has 1 amide bonds. The summed E-state index contributed by atoms with van der Waals surface area (Å²) in [4.78, 5) is 15.1. The fourth-order valence-electron chi connectivity index (χ4n) is 2.15. The smallest absolute Gasteiger partial charge is 0.267 e. The number of hydrogen-bond acceptors (Lipinski definition) is 3. The number of aromatic amines is 1. The topological polar surface area (TPSA) is 91.1 Å². The fourth-order valence-corrected chi connectivity index (χ4v) is 2.15. The van der Waals surface area contributed by atoms with E-state index < -0.39 is 6.10 Å². The van der Waals surface area contributed by atoms with E-state index in [-0.39, 0.29) is 11.9 Å². The van der Waals surface area contributed by atoms with Crippen molar-refractivity contribution in [3.05, 3.63) is 30.0 Å². The van der Waals surface area contributed by atoms with Gasteiger partial charge in [0.05, 0.1) is 6.10 Å². The molecule has 0 spiro atoms. The molecule has 5 nitrogen and oxygen atoms in total. The number of hydrogen-bond donors (Lipinski definition) is 4. The van der Waals surface area contributed by atoms with Gasteiger partial charge in [-0.1, -0.05) is 0 Å². The van der Waals surface area contributed by atoms with Gasteiger partial charge in [0.15, 0.2) is 0 Å². The van der Waals surface area contributed by atoms with E-state index in [9.17, 15) is 9.90 Å². The minimum absolute atomic E-state index is 0.0796. The molecule has 1 aromatic carbocycles. The second-order valence-electron chi connectivity index (χ2n) is 4.99. The first kappa shape index (κ1) is 13.4. The molecule has 19 heavy (non-hydrogen) atoms. The third kappa shape index (κ3) is 3.26. The molecule has 2 aromatic rings. The number of nitrogens with two attached hydrogens (primary N) is 1. The van der Waals surface area contributed by atoms with E-state index in [1.807, 2.05) is 19.1 Å². The SMILES string of the molecule is CC(O)CC(C)NC(=O)c1cc2cc(N)ccc2[nH]1. The quantitative estimate of drug-likeness (QED) is 0.630. The normalized spacial score (nSPS) is 14.3. The highest BCUT2D eigenvalue weighted by atomic mass is 16.3. The van der Waals surface area contributed by atoms with Crippen LogP contribution in [0.5, 0.6) is 0 Å². The molecular weight excluding hydrogens is 242 g/mol. The van der Waals surface area contributed by atoms with Gasteiger partial charge < -0.3 is 21.1 Å². The van der Waals surface area contributed by atoms with Crippen LogP contribution in [0.4, 0.5) is 5.69 Å². The number of amides is 1. The average Bonchev–Trinajstić information content (AvgIpc) is 2.70. The van der Waals surface area contributed by atoms with Gasteiger partial charge >= 0.3 is 0 Å². The summed E-state index contributed by atoms with van der Waals surface area (Å²) in [5.41, 5.74) is 7.75. The molecule has 0 aliphatic rings. The number of carbonyl (C=O) groups is 1. The fraction of sp³-hybridized carbons (Fsp3) is 0.357. The Balaban J connectivity index is 2.13. The molecule has 0 radical (unpaired) electrons. The van der Waals surface area contributed by atoms with Gasteiger partial charge in [0.2, 0.25) is 0 Å². The predicted molar refractivity (Wildman–Crippen MR) is 75.9 cm³/mol. The van der Waals surface area contributed by atoms with Crippen molar-refractivity contribution in [2.45, 2.75) is 32.4 Å². The summed E-state index contributed by atoms with van der Waals surface area (Å²) >= 11 is 0. The van der Waals surface area contributed by atoms with E-state index in [4.69, 9.17) is 5.73 Å². The zero-order valence-electron chi connectivity index (χ0n) is 11.1. The molecule has 2 atom stereocenters. The summed E-state index contributed by atoms with van der Waals surface area (Å²) < 4.78 is 0. The summed E-state index contributed by atoms with van der Waals surface area (Å²) in [6, 6.07) is 7.15. The van der Waals surface area contributed by atoms with E-state index in [2.05, 4.69) is 10.3 Å². The van der Waals surface area contributed by atoms with Crippen molar-refractivity contribution < 1.29 is 9.90 Å². The Morgan fingerprint density at radius 2 is 2.16 bits per heavy atom. The summed E-state index contributed by atoms with van der Waals surface area (Å²) in [6.07, 6.45) is 0.0941. The number of nitrogens with one attached hydrogen (secondary N) is 2. The van der Waals surface area contributed by atoms with Crippen LogP contribution < -0.4 is 11.1 Å². The lowest BCUT2D eigenvalue weighted by Crippen LogP contribution is -2.34. The molecule has 0 aliphatic heterocycles. The third-order valence-electron chi connectivity index (χ3n) is 2.96. The average molecular weight is 261 g/mol. The third-order valence-corrected chi connectivity index (χ3v) is 2.96. The maximum Gasteiger partial charge on any atom is 0.267 e. The minimum Gasteiger partial charge on any atom is -0.399 e. The highest BCUT2D eigenvalue weighted by Crippen LogP contribution is 2.18. The first-order valence-electron chi connectivity index (χ1n) is 6.33. The highest BCUT2D eigenvalue weighted by Gasteiger charge is 2.13. The van der Waals surface area contributed by atoms with Crippen LogP contribution in [0.2, 0.25) is 0 Å². The Morgan fingerprint density at radius 3 is 2.84 bits per heavy atom. The molecule has 5 N–H and O–H groups in total. The van der Waals surface area contributed by atoms with Crippen molar-refractivity contribution in [1.29, 1.82) is 0 Å². The number of aliphatic hydroxyl groups is 1. The Kier molecular flexibility index (Phi) is 3.76. The summed E-state index contributed by atoms with van der Waals surface area (Å²) in [5.74, 6) is -0.178. The number of carbonyl (C=O) groups excluding carboxylic acids is 1. The number of aliphatic hydroxyl groups excluding tert-OH is 1. The van der Waals surface area contributed by atoms with Gasteiger partial charge in [0.25, 0.3) is 5.91 Å². The lowest BCUT2D eigenvalue weighted by atomic mass is 10.1. The lowest BCUT2D eigenvalue weighted by molar-refractivity contribution is 0.0919. The Labute approximate surface area is 111 Å². The first-order chi connectivity index (χ1) is 8.95. The molecule has 0 bridgehead atoms. The number of nitrogen functional groups attached to an aromatic ring is 1. The molecule has 0 fully saturated rings. The number of aromatic nitrogens is 1. The summed E-state index contributed by atoms with van der Waals surface area (Å²) in [6.45, 7) is 3.57. The molecule has 1 aromatic heterocycles. The van der Waals surface area contributed by atoms with Gasteiger partial charge in [0.1, 0.15) is 5.69 Å². The molecule has 0 saturated heterocycles. The summed E-state index contributed by atoms with van der Waals surface area (Å²) in [5, 5.41) is 13.0. The summed E-state index contributed by atoms with van der Waals surface area (Å²) in [7, 11) is 0. The van der Waals surface area contributed by atoms with E-state index in [1.165, 1.54) is 0 Å². The zero-order valence-corrected chi connectivity index (χ0v) is 11.1. The van der Waals surface area contributed by atoms with Gasteiger partial charge in [0, 0.05) is 22.6 Å². The molecule has 0 aliphatic carbocycles. The maximum absolute atomic E-state index is 12.0. The van der Waals surface area contributed by atoms with Crippen molar-refractivity contribution >= 4 is 22.5 Å². The zero-order chi connectivity index (χ0) is 14.0. The van der Waals surface area contributed by atoms with E-state index >= 15 is 0 Å². The van der Waals surface area contributed by atoms with Gasteiger partial charge in [-0.25, -0.2) is 0 Å². The van der Waals surface area contributed by atoms with Gasteiger partial charge in [-0.3, -0.25) is 4.79 Å². The Morgan fingerprint density at radius 1 is 1.42 bits per heavy atom. The van der Waals surface area contributed by atoms with Crippen LogP contribution in [-0.4, -0.2) is 28.1 Å². The number of fused-ring (bicyclic) bond motifs is 1. The standard InChI is InChI=1S/C14H19N3O2/c1-8(5-9(2)18)16-14(19)13-7-10-6-11(15)3-4-12(10)17-13/h3-4,6-9,17-18H,5,15H2,1-2H3,(H,16,19). The van der Waals surface area contributed by atoms with Crippen LogP contribution >= 0.6 is 0 Å². The van der Waals surface area contributed by atoms with Crippen molar-refractivity contribution in [1.82, 2.24) is 10.3 Å². The molecular formula is C14H19N3O2. The minimum atomic E-state index is -0.433. The van der Waals surface area contributed by atoms with Crippen LogP contribution in [-0.2, 0) is 0 Å². The molecule has 0 saturated carbocycles. The first-order valence-corrected chi connectivity index (χ1v) is 6.33. The van der Waals surface area contributed by atoms with E-state index in [1.54, 1.807) is 19.1 Å². The molecule has 102 valence electrons. The highest BCUT2D eigenvalue weighted by molar-refractivity contribution is 5.98. The molecule has 2 rings (SSSR count). The number of rotatable bonds is 4. The van der Waals surface area contributed by atoms with Crippen molar-refractivity contribution in [2.75, 3.05) is 5.73 Å². The number of H-pyrrole nitrogens is 1. The van der Waals surface area contributed by atoms with Crippen LogP contribution in [0.15, 0.2) is 24.3 Å².